The van der Waals surface area contributed by atoms with Crippen LogP contribution in [0.2, 0.25) is 0 Å². The molecule has 1 N–H and O–H groups in total. The predicted octanol–water partition coefficient (Wildman–Crippen LogP) is 4.38. The predicted molar refractivity (Wildman–Crippen MR) is 148 cm³/mol. The number of fused-ring (bicyclic) bond motifs is 1. The normalized spacial score (nSPS) is 16.2. The summed E-state index contributed by atoms with van der Waals surface area (Å²) in [6, 6.07) is 21.2. The summed E-state index contributed by atoms with van der Waals surface area (Å²) in [7, 11) is 0. The summed E-state index contributed by atoms with van der Waals surface area (Å²) in [5.41, 5.74) is 5.21. The number of hydrogen-bond donors (Lipinski definition) is 1. The molecule has 2 heterocycles. The Balaban J connectivity index is 1.29. The SMILES string of the molecule is O=C(O)C(CCC(=O)N1CCc2ccccc21)N(c1ccc(-c2ccc(N3CCCC3)cc2)cc1)S(=O)[O-]. The smallest absolute Gasteiger partial charge is 0.327 e. The van der Waals surface area contributed by atoms with E-state index in [1.54, 1.807) is 29.2 Å². The number of aliphatic carboxylic acids is 1. The van der Waals surface area contributed by atoms with Crippen molar-refractivity contribution in [3.63, 3.8) is 0 Å². The van der Waals surface area contributed by atoms with Crippen molar-refractivity contribution in [1.82, 2.24) is 0 Å². The maximum Gasteiger partial charge on any atom is 0.327 e. The van der Waals surface area contributed by atoms with Crippen LogP contribution in [0.25, 0.3) is 11.1 Å². The second-order valence-corrected chi connectivity index (χ2v) is 10.5. The summed E-state index contributed by atoms with van der Waals surface area (Å²) in [6.07, 6.45) is 2.94. The summed E-state index contributed by atoms with van der Waals surface area (Å²) in [5.74, 6) is -1.52. The summed E-state index contributed by atoms with van der Waals surface area (Å²) < 4.78 is 25.2. The van der Waals surface area contributed by atoms with Gasteiger partial charge in [0.05, 0.1) is 0 Å². The first-order valence-corrected chi connectivity index (χ1v) is 13.9. The number of carboxylic acids is 1. The molecule has 9 heteroatoms. The number of anilines is 3. The summed E-state index contributed by atoms with van der Waals surface area (Å²) in [6.45, 7) is 2.67. The van der Waals surface area contributed by atoms with Gasteiger partial charge < -0.3 is 19.5 Å². The van der Waals surface area contributed by atoms with Gasteiger partial charge in [0.2, 0.25) is 5.91 Å². The fourth-order valence-corrected chi connectivity index (χ4v) is 6.04. The standard InChI is InChI=1S/C29H31N3O5S/c33-28(31-20-17-23-5-1-2-6-26(23)31)16-15-27(29(34)35)32(38(36)37)25-13-9-22(10-14-25)21-7-11-24(12-8-21)30-18-3-4-19-30/h1-2,5-14,27H,3-4,15-20H2,(H,34,35)(H,36,37)/p-1. The molecule has 2 aliphatic rings. The third-order valence-corrected chi connectivity index (χ3v) is 8.13. The molecule has 1 amide bonds. The molecular formula is C29H30N3O5S-. The number of carboxylic acid groups (broad SMARTS) is 1. The van der Waals surface area contributed by atoms with Gasteiger partial charge >= 0.3 is 5.97 Å². The van der Waals surface area contributed by atoms with Crippen molar-refractivity contribution in [2.24, 2.45) is 0 Å². The van der Waals surface area contributed by atoms with E-state index in [4.69, 9.17) is 0 Å². The van der Waals surface area contributed by atoms with Crippen molar-refractivity contribution in [2.45, 2.75) is 38.1 Å². The van der Waals surface area contributed by atoms with E-state index in [1.165, 1.54) is 18.5 Å². The highest BCUT2D eigenvalue weighted by molar-refractivity contribution is 7.80. The van der Waals surface area contributed by atoms with Gasteiger partial charge in [-0.25, -0.2) is 4.79 Å². The molecular weight excluding hydrogens is 502 g/mol. The molecule has 0 bridgehead atoms. The van der Waals surface area contributed by atoms with Gasteiger partial charge in [-0.3, -0.25) is 13.3 Å². The van der Waals surface area contributed by atoms with Crippen LogP contribution in [0.4, 0.5) is 17.1 Å². The molecule has 1 saturated heterocycles. The Hall–Kier alpha value is -3.69. The van der Waals surface area contributed by atoms with Crippen LogP contribution in [-0.4, -0.2) is 51.4 Å². The van der Waals surface area contributed by atoms with Crippen LogP contribution in [0.5, 0.6) is 0 Å². The summed E-state index contributed by atoms with van der Waals surface area (Å²) in [5, 5.41) is 9.89. The van der Waals surface area contributed by atoms with Gasteiger partial charge in [0, 0.05) is 54.4 Å². The molecule has 0 radical (unpaired) electrons. The van der Waals surface area contributed by atoms with Gasteiger partial charge in [0.25, 0.3) is 0 Å². The Morgan fingerprint density at radius 3 is 2.18 bits per heavy atom. The third-order valence-electron chi connectivity index (χ3n) is 7.34. The van der Waals surface area contributed by atoms with Crippen molar-refractivity contribution in [2.75, 3.05) is 33.7 Å². The Bertz CT molecular complexity index is 1320. The molecule has 198 valence electrons. The molecule has 2 atom stereocenters. The van der Waals surface area contributed by atoms with E-state index in [0.717, 1.165) is 46.2 Å². The highest BCUT2D eigenvalue weighted by Gasteiger charge is 2.30. The fourth-order valence-electron chi connectivity index (χ4n) is 5.34. The molecule has 1 fully saturated rings. The van der Waals surface area contributed by atoms with Gasteiger partial charge in [0.1, 0.15) is 6.04 Å². The lowest BCUT2D eigenvalue weighted by Crippen LogP contribution is -2.43. The van der Waals surface area contributed by atoms with E-state index in [-0.39, 0.29) is 24.4 Å². The number of hydrogen-bond acceptors (Lipinski definition) is 5. The minimum atomic E-state index is -2.84. The molecule has 0 aliphatic carbocycles. The quantitative estimate of drug-likeness (QED) is 0.410. The van der Waals surface area contributed by atoms with E-state index in [2.05, 4.69) is 17.0 Å². The molecule has 3 aromatic carbocycles. The summed E-state index contributed by atoms with van der Waals surface area (Å²) >= 11 is -2.84. The van der Waals surface area contributed by atoms with Crippen LogP contribution >= 0.6 is 0 Å². The van der Waals surface area contributed by atoms with Crippen LogP contribution in [0.15, 0.2) is 72.8 Å². The molecule has 5 rings (SSSR count). The zero-order chi connectivity index (χ0) is 26.6. The van der Waals surface area contributed by atoms with E-state index in [9.17, 15) is 23.5 Å². The maximum atomic E-state index is 12.9. The van der Waals surface area contributed by atoms with Gasteiger partial charge in [0.15, 0.2) is 0 Å². The largest absolute Gasteiger partial charge is 0.755 e. The zero-order valence-corrected chi connectivity index (χ0v) is 21.8. The minimum absolute atomic E-state index is 0.0829. The van der Waals surface area contributed by atoms with Crippen LogP contribution in [0.3, 0.4) is 0 Å². The molecule has 3 aromatic rings. The highest BCUT2D eigenvalue weighted by Crippen LogP contribution is 2.30. The van der Waals surface area contributed by atoms with Gasteiger partial charge in [-0.15, -0.1) is 0 Å². The van der Waals surface area contributed by atoms with Crippen molar-refractivity contribution >= 4 is 40.2 Å². The van der Waals surface area contributed by atoms with E-state index >= 15 is 0 Å². The summed E-state index contributed by atoms with van der Waals surface area (Å²) in [4.78, 5) is 29.1. The van der Waals surface area contributed by atoms with E-state index in [1.807, 2.05) is 36.4 Å². The number of carbonyl (C=O) groups is 2. The number of nitrogens with zero attached hydrogens (tertiary/aromatic N) is 3. The Morgan fingerprint density at radius 1 is 0.921 bits per heavy atom. The number of rotatable bonds is 9. The average Bonchev–Trinajstić information content (AvgIpc) is 3.61. The lowest BCUT2D eigenvalue weighted by molar-refractivity contribution is -0.138. The molecule has 0 spiro atoms. The number of amides is 1. The van der Waals surface area contributed by atoms with Gasteiger partial charge in [-0.2, -0.15) is 0 Å². The van der Waals surface area contributed by atoms with Crippen LogP contribution in [0.1, 0.15) is 31.2 Å². The van der Waals surface area contributed by atoms with Gasteiger partial charge in [-0.1, -0.05) is 42.5 Å². The lowest BCUT2D eigenvalue weighted by Gasteiger charge is -2.32. The first kappa shape index (κ1) is 25.9. The van der Waals surface area contributed by atoms with Crippen molar-refractivity contribution in [1.29, 1.82) is 0 Å². The second kappa shape index (κ2) is 11.4. The third kappa shape index (κ3) is 5.44. The maximum absolute atomic E-state index is 12.9. The number of para-hydroxylation sites is 1. The van der Waals surface area contributed by atoms with Crippen LogP contribution in [0, 0.1) is 0 Å². The Labute approximate surface area is 224 Å². The van der Waals surface area contributed by atoms with Crippen LogP contribution < -0.4 is 14.1 Å². The molecule has 38 heavy (non-hydrogen) atoms. The van der Waals surface area contributed by atoms with Crippen molar-refractivity contribution < 1.29 is 23.5 Å². The molecule has 2 unspecified atom stereocenters. The first-order valence-electron chi connectivity index (χ1n) is 12.9. The van der Waals surface area contributed by atoms with E-state index in [0.29, 0.717) is 6.54 Å². The molecule has 2 aliphatic heterocycles. The first-order chi connectivity index (χ1) is 18.4. The Kier molecular flexibility index (Phi) is 7.76. The zero-order valence-electron chi connectivity index (χ0n) is 21.0. The average molecular weight is 533 g/mol. The number of carbonyl (C=O) groups excluding carboxylic acids is 1. The second-order valence-electron chi connectivity index (χ2n) is 9.65. The fraction of sp³-hybridized carbons (Fsp3) is 0.310. The number of benzene rings is 3. The molecule has 0 saturated carbocycles. The topological polar surface area (TPSA) is 104 Å². The van der Waals surface area contributed by atoms with Crippen molar-refractivity contribution in [3.05, 3.63) is 78.4 Å². The minimum Gasteiger partial charge on any atom is -0.755 e. The lowest BCUT2D eigenvalue weighted by atomic mass is 10.0. The van der Waals surface area contributed by atoms with Gasteiger partial charge in [-0.05, 0) is 72.7 Å². The highest BCUT2D eigenvalue weighted by atomic mass is 32.2. The van der Waals surface area contributed by atoms with Crippen molar-refractivity contribution in [3.8, 4) is 11.1 Å². The molecule has 0 aromatic heterocycles. The van der Waals surface area contributed by atoms with E-state index < -0.39 is 23.3 Å². The Morgan fingerprint density at radius 2 is 1.55 bits per heavy atom. The molecule has 8 nitrogen and oxygen atoms in total. The van der Waals surface area contributed by atoms with Crippen LogP contribution in [-0.2, 0) is 27.3 Å². The monoisotopic (exact) mass is 532 g/mol.